The SMILES string of the molecule is COc1cc2c(c(O)c1C)C(=O)[C@H](O)[C@@H](c1ccc(O)cc1)O2. The van der Waals surface area contributed by atoms with Crippen LogP contribution in [0.1, 0.15) is 27.6 Å². The van der Waals surface area contributed by atoms with Gasteiger partial charge >= 0.3 is 0 Å². The molecule has 3 rings (SSSR count). The molecule has 0 radical (unpaired) electrons. The summed E-state index contributed by atoms with van der Waals surface area (Å²) in [5.41, 5.74) is 0.887. The minimum Gasteiger partial charge on any atom is -0.508 e. The van der Waals surface area contributed by atoms with Gasteiger partial charge in [-0.2, -0.15) is 0 Å². The van der Waals surface area contributed by atoms with Gasteiger partial charge < -0.3 is 24.8 Å². The summed E-state index contributed by atoms with van der Waals surface area (Å²) in [7, 11) is 1.45. The zero-order chi connectivity index (χ0) is 16.7. The first-order chi connectivity index (χ1) is 10.9. The van der Waals surface area contributed by atoms with E-state index in [4.69, 9.17) is 9.47 Å². The normalized spacial score (nSPS) is 19.9. The third kappa shape index (κ3) is 2.37. The van der Waals surface area contributed by atoms with Gasteiger partial charge in [0.15, 0.2) is 12.2 Å². The van der Waals surface area contributed by atoms with Crippen molar-refractivity contribution in [3.8, 4) is 23.0 Å². The molecule has 1 aliphatic heterocycles. The van der Waals surface area contributed by atoms with Gasteiger partial charge in [0.2, 0.25) is 5.78 Å². The first-order valence-electron chi connectivity index (χ1n) is 7.02. The molecule has 0 saturated carbocycles. The number of carbonyl (C=O) groups is 1. The number of methoxy groups -OCH3 is 1. The van der Waals surface area contributed by atoms with Crippen LogP contribution in [-0.4, -0.2) is 34.3 Å². The van der Waals surface area contributed by atoms with Crippen molar-refractivity contribution in [3.05, 3.63) is 47.0 Å². The lowest BCUT2D eigenvalue weighted by Gasteiger charge is -2.31. The van der Waals surface area contributed by atoms with Gasteiger partial charge in [-0.25, -0.2) is 0 Å². The number of rotatable bonds is 2. The summed E-state index contributed by atoms with van der Waals surface area (Å²) >= 11 is 0. The number of carbonyl (C=O) groups excluding carboxylic acids is 1. The Kier molecular flexibility index (Phi) is 3.61. The molecular formula is C17H16O6. The average Bonchev–Trinajstić information content (AvgIpc) is 2.54. The summed E-state index contributed by atoms with van der Waals surface area (Å²) in [4.78, 5) is 12.5. The number of aliphatic hydroxyl groups is 1. The second kappa shape index (κ2) is 5.48. The molecule has 0 aliphatic carbocycles. The van der Waals surface area contributed by atoms with Crippen molar-refractivity contribution >= 4 is 5.78 Å². The summed E-state index contributed by atoms with van der Waals surface area (Å²) in [6.45, 7) is 1.61. The maximum Gasteiger partial charge on any atom is 0.202 e. The van der Waals surface area contributed by atoms with Crippen molar-refractivity contribution in [2.45, 2.75) is 19.1 Å². The van der Waals surface area contributed by atoms with Gasteiger partial charge in [0.1, 0.15) is 28.6 Å². The van der Waals surface area contributed by atoms with Crippen LogP contribution < -0.4 is 9.47 Å². The molecule has 1 aliphatic rings. The fraction of sp³-hybridized carbons (Fsp3) is 0.235. The van der Waals surface area contributed by atoms with Crippen molar-refractivity contribution < 1.29 is 29.6 Å². The lowest BCUT2D eigenvalue weighted by molar-refractivity contribution is 0.0210. The minimum absolute atomic E-state index is 0.0502. The fourth-order valence-electron chi connectivity index (χ4n) is 2.66. The van der Waals surface area contributed by atoms with Gasteiger partial charge in [-0.1, -0.05) is 12.1 Å². The number of ether oxygens (including phenoxy) is 2. The molecule has 6 heteroatoms. The Hall–Kier alpha value is -2.73. The first kappa shape index (κ1) is 15.2. The molecule has 3 N–H and O–H groups in total. The Balaban J connectivity index is 2.10. The van der Waals surface area contributed by atoms with E-state index in [1.165, 1.54) is 25.3 Å². The first-order valence-corrected chi connectivity index (χ1v) is 7.02. The molecule has 0 amide bonds. The highest BCUT2D eigenvalue weighted by molar-refractivity contribution is 6.06. The summed E-state index contributed by atoms with van der Waals surface area (Å²) in [5.74, 6) is -0.269. The third-order valence-electron chi connectivity index (χ3n) is 3.97. The Morgan fingerprint density at radius 3 is 2.43 bits per heavy atom. The van der Waals surface area contributed by atoms with Gasteiger partial charge in [-0.3, -0.25) is 4.79 Å². The topological polar surface area (TPSA) is 96.2 Å². The number of aliphatic hydroxyl groups excluding tert-OH is 1. The van der Waals surface area contributed by atoms with E-state index < -0.39 is 18.0 Å². The number of ketones is 1. The molecule has 0 fully saturated rings. The quantitative estimate of drug-likeness (QED) is 0.785. The molecule has 1 heterocycles. The molecule has 0 spiro atoms. The highest BCUT2D eigenvalue weighted by Gasteiger charge is 2.39. The predicted molar refractivity (Wildman–Crippen MR) is 81.2 cm³/mol. The van der Waals surface area contributed by atoms with E-state index >= 15 is 0 Å². The monoisotopic (exact) mass is 316 g/mol. The van der Waals surface area contributed by atoms with Gasteiger partial charge in [-0.05, 0) is 24.6 Å². The minimum atomic E-state index is -1.45. The number of hydrogen-bond acceptors (Lipinski definition) is 6. The van der Waals surface area contributed by atoms with E-state index in [9.17, 15) is 20.1 Å². The van der Waals surface area contributed by atoms with Crippen LogP contribution in [0.15, 0.2) is 30.3 Å². The van der Waals surface area contributed by atoms with E-state index in [1.54, 1.807) is 19.1 Å². The standard InChI is InChI=1S/C17H16O6/c1-8-11(22-2)7-12-13(14(8)19)15(20)16(21)17(23-12)9-3-5-10(18)6-4-9/h3-7,16-19,21H,1-2H3/t16-,17+/m0/s1. The maximum absolute atomic E-state index is 12.5. The van der Waals surface area contributed by atoms with Crippen molar-refractivity contribution in [2.24, 2.45) is 0 Å². The zero-order valence-electron chi connectivity index (χ0n) is 12.6. The van der Waals surface area contributed by atoms with Crippen LogP contribution in [0.2, 0.25) is 0 Å². The molecule has 0 unspecified atom stereocenters. The number of benzene rings is 2. The van der Waals surface area contributed by atoms with E-state index in [1.807, 2.05) is 0 Å². The van der Waals surface area contributed by atoms with E-state index in [0.717, 1.165) is 0 Å². The summed E-state index contributed by atoms with van der Waals surface area (Å²) < 4.78 is 10.9. The number of phenols is 2. The summed E-state index contributed by atoms with van der Waals surface area (Å²) in [5, 5.41) is 29.8. The van der Waals surface area contributed by atoms with Gasteiger partial charge in [0, 0.05) is 11.6 Å². The van der Waals surface area contributed by atoms with Crippen LogP contribution in [-0.2, 0) is 0 Å². The molecule has 0 saturated heterocycles. The second-order valence-corrected chi connectivity index (χ2v) is 5.36. The van der Waals surface area contributed by atoms with E-state index in [0.29, 0.717) is 16.9 Å². The van der Waals surface area contributed by atoms with E-state index in [-0.39, 0.29) is 22.8 Å². The smallest absolute Gasteiger partial charge is 0.202 e. The number of hydrogen-bond donors (Lipinski definition) is 3. The van der Waals surface area contributed by atoms with Crippen LogP contribution in [0.5, 0.6) is 23.0 Å². The highest BCUT2D eigenvalue weighted by atomic mass is 16.5. The Labute approximate surface area is 132 Å². The maximum atomic E-state index is 12.5. The van der Waals surface area contributed by atoms with Gasteiger partial charge in [0.05, 0.1) is 7.11 Å². The van der Waals surface area contributed by atoms with Crippen LogP contribution in [0.3, 0.4) is 0 Å². The van der Waals surface area contributed by atoms with Crippen LogP contribution in [0.25, 0.3) is 0 Å². The van der Waals surface area contributed by atoms with E-state index in [2.05, 4.69) is 0 Å². The van der Waals surface area contributed by atoms with Crippen LogP contribution in [0, 0.1) is 6.92 Å². The second-order valence-electron chi connectivity index (χ2n) is 5.36. The number of phenolic OH excluding ortho intramolecular Hbond substituents is 2. The number of aromatic hydroxyl groups is 2. The van der Waals surface area contributed by atoms with Crippen LogP contribution >= 0.6 is 0 Å². The summed E-state index contributed by atoms with van der Waals surface area (Å²) in [6, 6.07) is 7.53. The third-order valence-corrected chi connectivity index (χ3v) is 3.97. The van der Waals surface area contributed by atoms with Crippen molar-refractivity contribution in [2.75, 3.05) is 7.11 Å². The Bertz CT molecular complexity index is 766. The molecule has 0 aromatic heterocycles. The van der Waals surface area contributed by atoms with Crippen molar-refractivity contribution in [1.29, 1.82) is 0 Å². The molecule has 120 valence electrons. The van der Waals surface area contributed by atoms with Crippen molar-refractivity contribution in [1.82, 2.24) is 0 Å². The zero-order valence-corrected chi connectivity index (χ0v) is 12.6. The molecule has 2 atom stereocenters. The Morgan fingerprint density at radius 1 is 1.17 bits per heavy atom. The van der Waals surface area contributed by atoms with Gasteiger partial charge in [-0.15, -0.1) is 0 Å². The molecular weight excluding hydrogens is 300 g/mol. The largest absolute Gasteiger partial charge is 0.508 e. The highest BCUT2D eigenvalue weighted by Crippen LogP contribution is 2.44. The van der Waals surface area contributed by atoms with Gasteiger partial charge in [0.25, 0.3) is 0 Å². The molecule has 6 nitrogen and oxygen atoms in total. The molecule has 2 aromatic rings. The lowest BCUT2D eigenvalue weighted by Crippen LogP contribution is -2.36. The lowest BCUT2D eigenvalue weighted by atomic mass is 9.91. The fourth-order valence-corrected chi connectivity index (χ4v) is 2.66. The predicted octanol–water partition coefficient (Wildman–Crippen LogP) is 2.09. The number of fused-ring (bicyclic) bond motifs is 1. The summed E-state index contributed by atoms with van der Waals surface area (Å²) in [6.07, 6.45) is -2.38. The number of Topliss-reactive ketones (excluding diaryl/α,β-unsaturated/α-hetero) is 1. The van der Waals surface area contributed by atoms with Crippen molar-refractivity contribution in [3.63, 3.8) is 0 Å². The molecule has 2 aromatic carbocycles. The average molecular weight is 316 g/mol. The van der Waals surface area contributed by atoms with Crippen LogP contribution in [0.4, 0.5) is 0 Å². The molecule has 0 bridgehead atoms. The molecule has 23 heavy (non-hydrogen) atoms. The Morgan fingerprint density at radius 2 is 1.83 bits per heavy atom.